The minimum atomic E-state index is -1.11. The Hall–Kier alpha value is -3.26. The Morgan fingerprint density at radius 1 is 1.14 bits per heavy atom. The summed E-state index contributed by atoms with van der Waals surface area (Å²) >= 11 is 0. The highest BCUT2D eigenvalue weighted by Gasteiger charge is 2.50. The lowest BCUT2D eigenvalue weighted by molar-refractivity contribution is -0.147. The monoisotopic (exact) mass is 502 g/mol. The molecule has 8 nitrogen and oxygen atoms in total. The van der Waals surface area contributed by atoms with E-state index < -0.39 is 17.4 Å². The van der Waals surface area contributed by atoms with Crippen LogP contribution in [-0.4, -0.2) is 50.8 Å². The molecule has 0 radical (unpaired) electrons. The number of carbonyl (C=O) groups excluding carboxylic acids is 2. The van der Waals surface area contributed by atoms with Gasteiger partial charge in [0.1, 0.15) is 11.4 Å². The molecule has 0 spiro atoms. The average molecular weight is 503 g/mol. The molecule has 5 rings (SSSR count). The first-order valence-corrected chi connectivity index (χ1v) is 13.5. The number of nitrogens with one attached hydrogen (secondary N) is 2. The molecule has 37 heavy (non-hydrogen) atoms. The second kappa shape index (κ2) is 10.2. The van der Waals surface area contributed by atoms with E-state index in [0.29, 0.717) is 12.4 Å². The molecule has 0 bridgehead atoms. The molecule has 2 aliphatic rings. The third-order valence-electron chi connectivity index (χ3n) is 8.64. The zero-order valence-electron chi connectivity index (χ0n) is 22.1. The number of benzene rings is 1. The molecule has 8 heteroatoms. The summed E-state index contributed by atoms with van der Waals surface area (Å²) in [5.41, 5.74) is 8.59. The highest BCUT2D eigenvalue weighted by atomic mass is 16.2. The maximum atomic E-state index is 14.3. The predicted octanol–water partition coefficient (Wildman–Crippen LogP) is 4.26. The number of carbonyl (C=O) groups is 2. The number of hydrogen-bond acceptors (Lipinski definition) is 5. The highest BCUT2D eigenvalue weighted by Crippen LogP contribution is 2.41. The molecule has 3 aromatic rings. The number of nitrogens with zero attached hydrogens (tertiary/aromatic N) is 3. The van der Waals surface area contributed by atoms with Crippen LogP contribution >= 0.6 is 0 Å². The van der Waals surface area contributed by atoms with Crippen molar-refractivity contribution in [2.45, 2.75) is 70.4 Å². The quantitative estimate of drug-likeness (QED) is 0.446. The van der Waals surface area contributed by atoms with Crippen LogP contribution in [0.3, 0.4) is 0 Å². The van der Waals surface area contributed by atoms with Gasteiger partial charge < -0.3 is 20.9 Å². The molecule has 1 unspecified atom stereocenters. The standard InChI is InChI=1S/C29H38N6O2/c1-18-33-23(21-17-32-22-13-8-7-12-20(21)22)16-24(34-18)25-14-9-15-35(25)27(36)26(19-10-5-4-6-11-19)29(2,31-3)28(30)37/h7-8,12-13,16-17,19,25-26,31-32H,4-6,9-11,14-15H2,1-3H3,(H2,30,37)/t25-,26+,29?/m0/s1. The highest BCUT2D eigenvalue weighted by molar-refractivity contribution is 5.95. The number of fused-ring (bicyclic) bond motifs is 1. The summed E-state index contributed by atoms with van der Waals surface area (Å²) in [6, 6.07) is 10.0. The van der Waals surface area contributed by atoms with Crippen molar-refractivity contribution in [2.24, 2.45) is 17.6 Å². The lowest BCUT2D eigenvalue weighted by Crippen LogP contribution is -2.63. The van der Waals surface area contributed by atoms with Gasteiger partial charge in [-0.2, -0.15) is 0 Å². The summed E-state index contributed by atoms with van der Waals surface area (Å²) in [5, 5.41) is 4.24. The van der Waals surface area contributed by atoms with Gasteiger partial charge in [0.2, 0.25) is 11.8 Å². The largest absolute Gasteiger partial charge is 0.368 e. The topological polar surface area (TPSA) is 117 Å². The Labute approximate surface area is 218 Å². The van der Waals surface area contributed by atoms with E-state index in [1.807, 2.05) is 42.3 Å². The average Bonchev–Trinajstić information content (AvgIpc) is 3.56. The van der Waals surface area contributed by atoms with E-state index in [1.165, 1.54) is 6.42 Å². The third kappa shape index (κ3) is 4.63. The number of H-pyrrole nitrogens is 1. The lowest BCUT2D eigenvalue weighted by Gasteiger charge is -2.42. The van der Waals surface area contributed by atoms with E-state index >= 15 is 0 Å². The number of primary amides is 1. The molecule has 3 atom stereocenters. The number of nitrogens with two attached hydrogens (primary N) is 1. The zero-order valence-corrected chi connectivity index (χ0v) is 22.1. The maximum absolute atomic E-state index is 14.3. The molecular weight excluding hydrogens is 464 g/mol. The first-order chi connectivity index (χ1) is 17.8. The van der Waals surface area contributed by atoms with Crippen molar-refractivity contribution in [2.75, 3.05) is 13.6 Å². The number of aryl methyl sites for hydroxylation is 1. The smallest absolute Gasteiger partial charge is 0.238 e. The summed E-state index contributed by atoms with van der Waals surface area (Å²) in [6.45, 7) is 4.34. The van der Waals surface area contributed by atoms with Crippen molar-refractivity contribution >= 4 is 22.7 Å². The van der Waals surface area contributed by atoms with Crippen molar-refractivity contribution in [1.29, 1.82) is 0 Å². The molecule has 4 N–H and O–H groups in total. The zero-order chi connectivity index (χ0) is 26.2. The predicted molar refractivity (Wildman–Crippen MR) is 144 cm³/mol. The fraction of sp³-hybridized carbons (Fsp3) is 0.517. The van der Waals surface area contributed by atoms with Gasteiger partial charge in [0, 0.05) is 29.2 Å². The molecule has 1 aromatic carbocycles. The number of aromatic nitrogens is 3. The maximum Gasteiger partial charge on any atom is 0.238 e. The number of likely N-dealkylation sites (N-methyl/N-ethyl adjacent to an activating group) is 1. The molecule has 1 aliphatic heterocycles. The summed E-state index contributed by atoms with van der Waals surface area (Å²) < 4.78 is 0. The SMILES string of the molecule is CNC(C)(C(N)=O)[C@@H](C(=O)N1CCC[C@H]1c1cc(-c2c[nH]c3ccccc23)nc(C)n1)C1CCCCC1. The molecule has 3 heterocycles. The second-order valence-corrected chi connectivity index (χ2v) is 10.9. The molecule has 2 amide bonds. The molecule has 1 aliphatic carbocycles. The van der Waals surface area contributed by atoms with Crippen molar-refractivity contribution in [3.8, 4) is 11.3 Å². The van der Waals surface area contributed by atoms with E-state index in [-0.39, 0.29) is 17.9 Å². The lowest BCUT2D eigenvalue weighted by atomic mass is 9.69. The van der Waals surface area contributed by atoms with Gasteiger partial charge in [0.05, 0.1) is 23.3 Å². The minimum Gasteiger partial charge on any atom is -0.368 e. The van der Waals surface area contributed by atoms with E-state index in [2.05, 4.69) is 16.4 Å². The van der Waals surface area contributed by atoms with Crippen molar-refractivity contribution in [3.63, 3.8) is 0 Å². The van der Waals surface area contributed by atoms with Gasteiger partial charge in [-0.05, 0) is 64.6 Å². The van der Waals surface area contributed by atoms with Gasteiger partial charge in [0.15, 0.2) is 0 Å². The Morgan fingerprint density at radius 3 is 2.62 bits per heavy atom. The Bertz CT molecular complexity index is 1300. The number of hydrogen-bond donors (Lipinski definition) is 3. The van der Waals surface area contributed by atoms with Crippen LogP contribution in [0.1, 0.15) is 69.4 Å². The molecule has 2 fully saturated rings. The van der Waals surface area contributed by atoms with Gasteiger partial charge in [-0.3, -0.25) is 9.59 Å². The van der Waals surface area contributed by atoms with Crippen LogP contribution in [0.4, 0.5) is 0 Å². The summed E-state index contributed by atoms with van der Waals surface area (Å²) in [6.07, 6.45) is 8.93. The third-order valence-corrected chi connectivity index (χ3v) is 8.64. The molecule has 2 aromatic heterocycles. The number of para-hydroxylation sites is 1. The fourth-order valence-corrected chi connectivity index (χ4v) is 6.52. The van der Waals surface area contributed by atoms with Crippen molar-refractivity contribution < 1.29 is 9.59 Å². The number of likely N-dealkylation sites (tertiary alicyclic amines) is 1. The van der Waals surface area contributed by atoms with Gasteiger partial charge in [-0.25, -0.2) is 9.97 Å². The second-order valence-electron chi connectivity index (χ2n) is 10.9. The van der Waals surface area contributed by atoms with E-state index in [4.69, 9.17) is 15.7 Å². The van der Waals surface area contributed by atoms with Crippen LogP contribution < -0.4 is 11.1 Å². The molecule has 196 valence electrons. The van der Waals surface area contributed by atoms with Crippen LogP contribution in [0, 0.1) is 18.8 Å². The number of rotatable bonds is 7. The first kappa shape index (κ1) is 25.4. The minimum absolute atomic E-state index is 0.00922. The van der Waals surface area contributed by atoms with Gasteiger partial charge in [0.25, 0.3) is 0 Å². The summed E-state index contributed by atoms with van der Waals surface area (Å²) in [4.78, 5) is 41.9. The molecule has 1 saturated heterocycles. The van der Waals surface area contributed by atoms with E-state index in [9.17, 15) is 9.59 Å². The van der Waals surface area contributed by atoms with Crippen LogP contribution in [0.5, 0.6) is 0 Å². The van der Waals surface area contributed by atoms with E-state index in [0.717, 1.165) is 66.4 Å². The van der Waals surface area contributed by atoms with Crippen LogP contribution in [0.15, 0.2) is 36.5 Å². The summed E-state index contributed by atoms with van der Waals surface area (Å²) in [5.74, 6) is -0.171. The van der Waals surface area contributed by atoms with Crippen LogP contribution in [-0.2, 0) is 9.59 Å². The van der Waals surface area contributed by atoms with Gasteiger partial charge in [-0.1, -0.05) is 37.5 Å². The molecule has 1 saturated carbocycles. The Balaban J connectivity index is 1.51. The van der Waals surface area contributed by atoms with Crippen molar-refractivity contribution in [3.05, 3.63) is 48.0 Å². The Morgan fingerprint density at radius 2 is 1.89 bits per heavy atom. The summed E-state index contributed by atoms with van der Waals surface area (Å²) in [7, 11) is 1.73. The fourth-order valence-electron chi connectivity index (χ4n) is 6.52. The van der Waals surface area contributed by atoms with Gasteiger partial charge >= 0.3 is 0 Å². The van der Waals surface area contributed by atoms with Crippen LogP contribution in [0.25, 0.3) is 22.2 Å². The first-order valence-electron chi connectivity index (χ1n) is 13.5. The normalized spacial score (nSPS) is 21.2. The van der Waals surface area contributed by atoms with Crippen LogP contribution in [0.2, 0.25) is 0 Å². The van der Waals surface area contributed by atoms with Gasteiger partial charge in [-0.15, -0.1) is 0 Å². The number of amides is 2. The Kier molecular flexibility index (Phi) is 7.03. The van der Waals surface area contributed by atoms with E-state index in [1.54, 1.807) is 14.0 Å². The number of aromatic amines is 1. The molecular formula is C29H38N6O2. The van der Waals surface area contributed by atoms with Crippen molar-refractivity contribution in [1.82, 2.24) is 25.2 Å².